The first kappa shape index (κ1) is 15.7. The Bertz CT molecular complexity index is 687. The molecule has 0 saturated carbocycles. The summed E-state index contributed by atoms with van der Waals surface area (Å²) in [6.07, 6.45) is 6.64. The van der Waals surface area contributed by atoms with Crippen molar-refractivity contribution < 1.29 is 4.74 Å². The molecule has 2 aliphatic rings. The van der Waals surface area contributed by atoms with Crippen molar-refractivity contribution in [2.24, 2.45) is 0 Å². The number of fused-ring (bicyclic) bond motifs is 2. The van der Waals surface area contributed by atoms with Gasteiger partial charge in [-0.2, -0.15) is 0 Å². The average molecular weight is 321 g/mol. The van der Waals surface area contributed by atoms with E-state index < -0.39 is 0 Å². The molecule has 24 heavy (non-hydrogen) atoms. The van der Waals surface area contributed by atoms with Crippen LogP contribution in [-0.4, -0.2) is 18.1 Å². The number of benzene rings is 2. The standard InChI is InChI=1S/C22H27NO/c1-17-5-9-19(10-6-17)22-14-3-4-20(13-15-22)23(22)16-18-7-11-21(24-2)12-8-18/h5-12,20H,3-4,13-16H2,1-2H3. The maximum Gasteiger partial charge on any atom is 0.118 e. The Balaban J connectivity index is 1.65. The Morgan fingerprint density at radius 1 is 1.00 bits per heavy atom. The lowest BCUT2D eigenvalue weighted by atomic mass is 9.81. The quantitative estimate of drug-likeness (QED) is 0.781. The van der Waals surface area contributed by atoms with Crippen molar-refractivity contribution in [1.82, 2.24) is 4.90 Å². The predicted molar refractivity (Wildman–Crippen MR) is 98.3 cm³/mol. The minimum atomic E-state index is 0.247. The molecular weight excluding hydrogens is 294 g/mol. The van der Waals surface area contributed by atoms with E-state index in [9.17, 15) is 0 Å². The second-order valence-electron chi connectivity index (χ2n) is 7.46. The summed E-state index contributed by atoms with van der Waals surface area (Å²) in [5.74, 6) is 0.939. The van der Waals surface area contributed by atoms with Crippen molar-refractivity contribution in [2.75, 3.05) is 7.11 Å². The third-order valence-corrected chi connectivity index (χ3v) is 6.11. The van der Waals surface area contributed by atoms with Gasteiger partial charge in [0.05, 0.1) is 7.11 Å². The molecule has 0 aromatic heterocycles. The smallest absolute Gasteiger partial charge is 0.118 e. The monoisotopic (exact) mass is 321 g/mol. The van der Waals surface area contributed by atoms with E-state index in [-0.39, 0.29) is 5.54 Å². The number of hydrogen-bond acceptors (Lipinski definition) is 2. The number of rotatable bonds is 4. The van der Waals surface area contributed by atoms with Crippen molar-refractivity contribution in [3.63, 3.8) is 0 Å². The Kier molecular flexibility index (Phi) is 4.09. The fourth-order valence-corrected chi connectivity index (χ4v) is 4.78. The second kappa shape index (κ2) is 6.25. The predicted octanol–water partition coefficient (Wildman–Crippen LogP) is 5.05. The van der Waals surface area contributed by atoms with Gasteiger partial charge in [0.25, 0.3) is 0 Å². The molecular formula is C22H27NO. The largest absolute Gasteiger partial charge is 0.497 e. The molecule has 2 aliphatic heterocycles. The maximum absolute atomic E-state index is 5.30. The molecule has 2 aromatic carbocycles. The zero-order chi connectivity index (χ0) is 16.6. The lowest BCUT2D eigenvalue weighted by Crippen LogP contribution is -2.47. The van der Waals surface area contributed by atoms with Gasteiger partial charge < -0.3 is 4.74 Å². The first-order valence-electron chi connectivity index (χ1n) is 9.18. The minimum absolute atomic E-state index is 0.247. The lowest BCUT2D eigenvalue weighted by Gasteiger charge is -2.45. The van der Waals surface area contributed by atoms with Crippen molar-refractivity contribution in [1.29, 1.82) is 0 Å². The molecule has 2 heteroatoms. The van der Waals surface area contributed by atoms with Crippen molar-refractivity contribution in [3.05, 3.63) is 65.2 Å². The van der Waals surface area contributed by atoms with E-state index in [1.165, 1.54) is 48.8 Å². The molecule has 2 heterocycles. The van der Waals surface area contributed by atoms with Crippen LogP contribution in [0.15, 0.2) is 48.5 Å². The van der Waals surface area contributed by atoms with E-state index in [1.54, 1.807) is 7.11 Å². The van der Waals surface area contributed by atoms with Crippen LogP contribution in [-0.2, 0) is 12.1 Å². The van der Waals surface area contributed by atoms with Gasteiger partial charge in [-0.25, -0.2) is 0 Å². The van der Waals surface area contributed by atoms with Crippen LogP contribution in [0.3, 0.4) is 0 Å². The Labute approximate surface area is 145 Å². The van der Waals surface area contributed by atoms with Crippen molar-refractivity contribution >= 4 is 0 Å². The zero-order valence-corrected chi connectivity index (χ0v) is 14.8. The second-order valence-corrected chi connectivity index (χ2v) is 7.46. The van der Waals surface area contributed by atoms with Crippen LogP contribution in [0.2, 0.25) is 0 Å². The number of aryl methyl sites for hydroxylation is 1. The lowest BCUT2D eigenvalue weighted by molar-refractivity contribution is 0.0426. The van der Waals surface area contributed by atoms with E-state index >= 15 is 0 Å². The topological polar surface area (TPSA) is 12.5 Å². The summed E-state index contributed by atoms with van der Waals surface area (Å²) in [4.78, 5) is 2.79. The molecule has 2 aromatic rings. The first-order chi connectivity index (χ1) is 11.7. The number of hydrogen-bond donors (Lipinski definition) is 0. The van der Waals surface area contributed by atoms with Gasteiger partial charge in [0.2, 0.25) is 0 Å². The fourth-order valence-electron chi connectivity index (χ4n) is 4.78. The van der Waals surface area contributed by atoms with Crippen LogP contribution in [0, 0.1) is 6.92 Å². The SMILES string of the molecule is COc1ccc(CN2C3CCCC2(c2ccc(C)cc2)CC3)cc1. The third-order valence-electron chi connectivity index (χ3n) is 6.11. The summed E-state index contributed by atoms with van der Waals surface area (Å²) in [7, 11) is 1.73. The highest BCUT2D eigenvalue weighted by Gasteiger charge is 2.49. The summed E-state index contributed by atoms with van der Waals surface area (Å²) >= 11 is 0. The maximum atomic E-state index is 5.30. The van der Waals surface area contributed by atoms with Crippen LogP contribution >= 0.6 is 0 Å². The zero-order valence-electron chi connectivity index (χ0n) is 14.8. The van der Waals surface area contributed by atoms with Crippen molar-refractivity contribution in [3.8, 4) is 5.75 Å². The highest BCUT2D eigenvalue weighted by Crippen LogP contribution is 2.51. The van der Waals surface area contributed by atoms with Crippen LogP contribution in [0.5, 0.6) is 5.75 Å². The van der Waals surface area contributed by atoms with Gasteiger partial charge in [-0.15, -0.1) is 0 Å². The van der Waals surface area contributed by atoms with Gasteiger partial charge in [-0.3, -0.25) is 4.90 Å². The van der Waals surface area contributed by atoms with E-state index in [0.29, 0.717) is 0 Å². The molecule has 0 spiro atoms. The van der Waals surface area contributed by atoms with Crippen LogP contribution in [0.4, 0.5) is 0 Å². The summed E-state index contributed by atoms with van der Waals surface area (Å²) in [6, 6.07) is 18.6. The highest BCUT2D eigenvalue weighted by molar-refractivity contribution is 5.32. The van der Waals surface area contributed by atoms with Gasteiger partial charge in [-0.05, 0) is 62.3 Å². The van der Waals surface area contributed by atoms with Gasteiger partial charge in [0.1, 0.15) is 5.75 Å². The van der Waals surface area contributed by atoms with Gasteiger partial charge >= 0.3 is 0 Å². The van der Waals surface area contributed by atoms with E-state index in [1.807, 2.05) is 0 Å². The molecule has 0 N–H and O–H groups in total. The van der Waals surface area contributed by atoms with E-state index in [0.717, 1.165) is 18.3 Å². The molecule has 0 radical (unpaired) electrons. The molecule has 2 bridgehead atoms. The highest BCUT2D eigenvalue weighted by atomic mass is 16.5. The Hall–Kier alpha value is -1.80. The molecule has 2 atom stereocenters. The summed E-state index contributed by atoms with van der Waals surface area (Å²) in [6.45, 7) is 3.22. The molecule has 4 rings (SSSR count). The molecule has 0 amide bonds. The summed E-state index contributed by atoms with van der Waals surface area (Å²) in [5.41, 5.74) is 4.50. The molecule has 2 unspecified atom stereocenters. The molecule has 0 aliphatic carbocycles. The number of piperidine rings is 1. The van der Waals surface area contributed by atoms with Gasteiger partial charge in [0.15, 0.2) is 0 Å². The summed E-state index contributed by atoms with van der Waals surface area (Å²) < 4.78 is 5.30. The fraction of sp³-hybridized carbons (Fsp3) is 0.455. The number of nitrogens with zero attached hydrogens (tertiary/aromatic N) is 1. The minimum Gasteiger partial charge on any atom is -0.497 e. The summed E-state index contributed by atoms with van der Waals surface area (Å²) in [5, 5.41) is 0. The number of methoxy groups -OCH3 is 1. The van der Waals surface area contributed by atoms with Gasteiger partial charge in [-0.1, -0.05) is 42.0 Å². The number of ether oxygens (including phenoxy) is 1. The molecule has 126 valence electrons. The van der Waals surface area contributed by atoms with Crippen molar-refractivity contribution in [2.45, 2.75) is 57.2 Å². The normalized spacial score (nSPS) is 26.5. The van der Waals surface area contributed by atoms with E-state index in [4.69, 9.17) is 4.74 Å². The molecule has 2 nitrogen and oxygen atoms in total. The van der Waals surface area contributed by atoms with E-state index in [2.05, 4.69) is 60.4 Å². The Morgan fingerprint density at radius 2 is 1.75 bits per heavy atom. The average Bonchev–Trinajstić information content (AvgIpc) is 2.81. The first-order valence-corrected chi connectivity index (χ1v) is 9.18. The van der Waals surface area contributed by atoms with Crippen LogP contribution < -0.4 is 4.74 Å². The molecule has 2 fully saturated rings. The molecule has 2 saturated heterocycles. The van der Waals surface area contributed by atoms with Crippen LogP contribution in [0.25, 0.3) is 0 Å². The third kappa shape index (κ3) is 2.63. The van der Waals surface area contributed by atoms with Gasteiger partial charge in [0, 0.05) is 18.1 Å². The Morgan fingerprint density at radius 3 is 2.46 bits per heavy atom. The van der Waals surface area contributed by atoms with Crippen LogP contribution in [0.1, 0.15) is 48.8 Å².